The molecule has 4 rings (SSSR count). The van der Waals surface area contributed by atoms with Gasteiger partial charge in [-0.3, -0.25) is 4.79 Å². The molecule has 4 heteroatoms. The summed E-state index contributed by atoms with van der Waals surface area (Å²) >= 11 is 0. The maximum Gasteiger partial charge on any atom is 0.261 e. The Morgan fingerprint density at radius 3 is 2.29 bits per heavy atom. The van der Waals surface area contributed by atoms with Crippen molar-refractivity contribution in [2.24, 2.45) is 0 Å². The molecule has 0 aliphatic rings. The summed E-state index contributed by atoms with van der Waals surface area (Å²) in [7, 11) is 1.86. The molecule has 0 saturated carbocycles. The molecule has 1 heterocycles. The minimum absolute atomic E-state index is 0.0166. The van der Waals surface area contributed by atoms with E-state index in [1.165, 1.54) is 11.1 Å². The SMILES string of the molecule is CCc1ccc([C@H](c2c[nH]c3ccccc23)N(C)C(=O)COc2ccc(C(C)(C)C)cc2)cc1. The maximum absolute atomic E-state index is 13.3. The molecule has 4 nitrogen and oxygen atoms in total. The Balaban J connectivity index is 1.58. The lowest BCUT2D eigenvalue weighted by molar-refractivity contribution is -0.133. The largest absolute Gasteiger partial charge is 0.484 e. The summed E-state index contributed by atoms with van der Waals surface area (Å²) in [5, 5.41) is 1.12. The molecule has 0 aliphatic carbocycles. The lowest BCUT2D eigenvalue weighted by atomic mass is 9.87. The quantitative estimate of drug-likeness (QED) is 0.340. The summed E-state index contributed by atoms with van der Waals surface area (Å²) < 4.78 is 5.88. The second-order valence-corrected chi connectivity index (χ2v) is 9.85. The van der Waals surface area contributed by atoms with Gasteiger partial charge in [-0.25, -0.2) is 0 Å². The van der Waals surface area contributed by atoms with Gasteiger partial charge in [0, 0.05) is 29.7 Å². The summed E-state index contributed by atoms with van der Waals surface area (Å²) in [5.41, 5.74) is 5.80. The number of nitrogens with one attached hydrogen (secondary N) is 1. The second kappa shape index (κ2) is 9.76. The van der Waals surface area contributed by atoms with E-state index < -0.39 is 0 Å². The van der Waals surface area contributed by atoms with Crippen LogP contribution in [0.2, 0.25) is 0 Å². The summed E-state index contributed by atoms with van der Waals surface area (Å²) in [6.45, 7) is 8.67. The fourth-order valence-corrected chi connectivity index (χ4v) is 4.31. The number of carbonyl (C=O) groups excluding carboxylic acids is 1. The number of aromatic nitrogens is 1. The van der Waals surface area contributed by atoms with E-state index in [2.05, 4.69) is 81.2 Å². The van der Waals surface area contributed by atoms with Crippen molar-refractivity contribution in [2.75, 3.05) is 13.7 Å². The Bertz CT molecular complexity index is 1250. The van der Waals surface area contributed by atoms with Crippen LogP contribution in [0.15, 0.2) is 79.0 Å². The van der Waals surface area contributed by atoms with E-state index in [0.29, 0.717) is 5.75 Å². The average Bonchev–Trinajstić information content (AvgIpc) is 3.26. The van der Waals surface area contributed by atoms with Crippen LogP contribution in [0.25, 0.3) is 10.9 Å². The van der Waals surface area contributed by atoms with Gasteiger partial charge in [0.15, 0.2) is 6.61 Å². The molecule has 1 atom stereocenters. The summed E-state index contributed by atoms with van der Waals surface area (Å²) in [5.74, 6) is 0.625. The summed E-state index contributed by atoms with van der Waals surface area (Å²) in [6.07, 6.45) is 2.99. The highest BCUT2D eigenvalue weighted by Gasteiger charge is 2.26. The van der Waals surface area contributed by atoms with Crippen LogP contribution in [-0.4, -0.2) is 29.4 Å². The van der Waals surface area contributed by atoms with Gasteiger partial charge in [-0.2, -0.15) is 0 Å². The first kappa shape index (κ1) is 23.6. The first-order valence-corrected chi connectivity index (χ1v) is 11.9. The molecule has 0 aliphatic heterocycles. The topological polar surface area (TPSA) is 45.3 Å². The normalized spacial score (nSPS) is 12.5. The molecule has 4 aromatic rings. The molecule has 34 heavy (non-hydrogen) atoms. The minimum atomic E-state index is -0.221. The highest BCUT2D eigenvalue weighted by atomic mass is 16.5. The highest BCUT2D eigenvalue weighted by Crippen LogP contribution is 2.33. The molecular weight excluding hydrogens is 420 g/mol. The number of rotatable bonds is 7. The summed E-state index contributed by atoms with van der Waals surface area (Å²) in [4.78, 5) is 18.5. The number of carbonyl (C=O) groups is 1. The number of aryl methyl sites for hydroxylation is 1. The van der Waals surface area contributed by atoms with E-state index >= 15 is 0 Å². The third kappa shape index (κ3) is 5.01. The highest BCUT2D eigenvalue weighted by molar-refractivity contribution is 5.85. The zero-order valence-corrected chi connectivity index (χ0v) is 20.8. The standard InChI is InChI=1S/C30H34N2O2/c1-6-21-11-13-22(14-12-21)29(26-19-31-27-10-8-7-9-25(26)27)32(5)28(33)20-34-24-17-15-23(16-18-24)30(2,3)4/h7-19,29,31H,6,20H2,1-5H3/t29-/m1/s1. The van der Waals surface area contributed by atoms with E-state index in [9.17, 15) is 4.79 Å². The van der Waals surface area contributed by atoms with Crippen LogP contribution in [0.5, 0.6) is 5.75 Å². The number of H-pyrrole nitrogens is 1. The van der Waals surface area contributed by atoms with Crippen molar-refractivity contribution >= 4 is 16.8 Å². The molecule has 0 saturated heterocycles. The van der Waals surface area contributed by atoms with E-state index in [-0.39, 0.29) is 24.0 Å². The molecule has 176 valence electrons. The van der Waals surface area contributed by atoms with Gasteiger partial charge < -0.3 is 14.6 Å². The fraction of sp³-hybridized carbons (Fsp3) is 0.300. The first-order valence-electron chi connectivity index (χ1n) is 11.9. The minimum Gasteiger partial charge on any atom is -0.484 e. The van der Waals surface area contributed by atoms with Crippen LogP contribution in [-0.2, 0) is 16.6 Å². The molecule has 0 radical (unpaired) electrons. The van der Waals surface area contributed by atoms with E-state index in [1.54, 1.807) is 4.90 Å². The third-order valence-electron chi connectivity index (χ3n) is 6.48. The van der Waals surface area contributed by atoms with Crippen molar-refractivity contribution in [3.63, 3.8) is 0 Å². The second-order valence-electron chi connectivity index (χ2n) is 9.85. The van der Waals surface area contributed by atoms with E-state index in [1.807, 2.05) is 37.5 Å². The molecule has 0 bridgehead atoms. The molecule has 1 N–H and O–H groups in total. The predicted octanol–water partition coefficient (Wildman–Crippen LogP) is 6.65. The van der Waals surface area contributed by atoms with Gasteiger partial charge in [-0.15, -0.1) is 0 Å². The number of fused-ring (bicyclic) bond motifs is 1. The van der Waals surface area contributed by atoms with Gasteiger partial charge in [0.1, 0.15) is 5.75 Å². The van der Waals surface area contributed by atoms with Gasteiger partial charge in [0.2, 0.25) is 0 Å². The Morgan fingerprint density at radius 2 is 1.65 bits per heavy atom. The number of likely N-dealkylation sites (N-methyl/N-ethyl adjacent to an activating group) is 1. The molecule has 1 aromatic heterocycles. The Hall–Kier alpha value is -3.53. The smallest absolute Gasteiger partial charge is 0.261 e. The molecule has 1 amide bonds. The van der Waals surface area contributed by atoms with Crippen molar-refractivity contribution in [3.8, 4) is 5.75 Å². The van der Waals surface area contributed by atoms with Crippen LogP contribution in [0.1, 0.15) is 56.0 Å². The third-order valence-corrected chi connectivity index (χ3v) is 6.48. The number of benzene rings is 3. The first-order chi connectivity index (χ1) is 16.3. The van der Waals surface area contributed by atoms with Crippen LogP contribution in [0, 0.1) is 0 Å². The molecule has 0 unspecified atom stereocenters. The average molecular weight is 455 g/mol. The Morgan fingerprint density at radius 1 is 0.971 bits per heavy atom. The number of hydrogen-bond acceptors (Lipinski definition) is 2. The summed E-state index contributed by atoms with van der Waals surface area (Å²) in [6, 6.07) is 24.5. The monoisotopic (exact) mass is 454 g/mol. The number of aromatic amines is 1. The predicted molar refractivity (Wildman–Crippen MR) is 139 cm³/mol. The molecular formula is C30H34N2O2. The number of amides is 1. The zero-order valence-electron chi connectivity index (χ0n) is 20.8. The van der Waals surface area contributed by atoms with E-state index in [4.69, 9.17) is 4.74 Å². The maximum atomic E-state index is 13.3. The van der Waals surface area contributed by atoms with Gasteiger partial charge in [0.25, 0.3) is 5.91 Å². The van der Waals surface area contributed by atoms with Crippen molar-refractivity contribution < 1.29 is 9.53 Å². The van der Waals surface area contributed by atoms with Crippen molar-refractivity contribution in [1.29, 1.82) is 0 Å². The zero-order chi connectivity index (χ0) is 24.3. The Labute approximate surface area is 202 Å². The van der Waals surface area contributed by atoms with Crippen molar-refractivity contribution in [1.82, 2.24) is 9.88 Å². The van der Waals surface area contributed by atoms with Gasteiger partial charge >= 0.3 is 0 Å². The molecule has 0 spiro atoms. The Kier molecular flexibility index (Phi) is 6.78. The number of para-hydroxylation sites is 1. The van der Waals surface area contributed by atoms with Gasteiger partial charge in [0.05, 0.1) is 6.04 Å². The fourth-order valence-electron chi connectivity index (χ4n) is 4.31. The van der Waals surface area contributed by atoms with Crippen LogP contribution in [0.4, 0.5) is 0 Å². The van der Waals surface area contributed by atoms with Crippen molar-refractivity contribution in [3.05, 3.63) is 101 Å². The number of nitrogens with zero attached hydrogens (tertiary/aromatic N) is 1. The lowest BCUT2D eigenvalue weighted by Crippen LogP contribution is -2.35. The van der Waals surface area contributed by atoms with Crippen LogP contribution < -0.4 is 4.74 Å². The molecule has 0 fully saturated rings. The van der Waals surface area contributed by atoms with Gasteiger partial charge in [-0.05, 0) is 46.7 Å². The van der Waals surface area contributed by atoms with Gasteiger partial charge in [-0.1, -0.05) is 82.3 Å². The van der Waals surface area contributed by atoms with Crippen LogP contribution in [0.3, 0.4) is 0 Å². The number of ether oxygens (including phenoxy) is 1. The number of hydrogen-bond donors (Lipinski definition) is 1. The lowest BCUT2D eigenvalue weighted by Gasteiger charge is -2.29. The van der Waals surface area contributed by atoms with E-state index in [0.717, 1.165) is 28.5 Å². The molecule has 3 aromatic carbocycles. The van der Waals surface area contributed by atoms with Crippen molar-refractivity contribution in [2.45, 2.75) is 45.6 Å². The van der Waals surface area contributed by atoms with Crippen LogP contribution >= 0.6 is 0 Å².